The first-order chi connectivity index (χ1) is 8.08. The smallest absolute Gasteiger partial charge is 0.0398 e. The molecule has 0 saturated carbocycles. The van der Waals surface area contributed by atoms with Crippen molar-refractivity contribution in [1.29, 1.82) is 0 Å². The van der Waals surface area contributed by atoms with Gasteiger partial charge in [0.05, 0.1) is 0 Å². The van der Waals surface area contributed by atoms with E-state index < -0.39 is 0 Å². The van der Waals surface area contributed by atoms with Gasteiger partial charge in [0.15, 0.2) is 0 Å². The molecule has 1 aromatic carbocycles. The standard InChI is InChI=1S/C15H24N2/c1-11-9-15(17-6-4-5-7-17)12(2)8-14(11)10-13(3)16/h8-9,13H,4-7,10,16H2,1-3H3. The number of hydrogen-bond acceptors (Lipinski definition) is 2. The molecule has 0 spiro atoms. The molecule has 1 saturated heterocycles. The Morgan fingerprint density at radius 3 is 2.41 bits per heavy atom. The van der Waals surface area contributed by atoms with Crippen LogP contribution < -0.4 is 10.6 Å². The zero-order valence-corrected chi connectivity index (χ0v) is 11.3. The highest BCUT2D eigenvalue weighted by molar-refractivity contribution is 5.57. The summed E-state index contributed by atoms with van der Waals surface area (Å²) in [7, 11) is 0. The van der Waals surface area contributed by atoms with Crippen molar-refractivity contribution in [3.63, 3.8) is 0 Å². The molecule has 2 nitrogen and oxygen atoms in total. The van der Waals surface area contributed by atoms with Crippen molar-refractivity contribution in [2.45, 2.75) is 46.1 Å². The van der Waals surface area contributed by atoms with Crippen LogP contribution in [0.5, 0.6) is 0 Å². The highest BCUT2D eigenvalue weighted by Crippen LogP contribution is 2.27. The summed E-state index contributed by atoms with van der Waals surface area (Å²) in [6.07, 6.45) is 3.65. The largest absolute Gasteiger partial charge is 0.371 e. The summed E-state index contributed by atoms with van der Waals surface area (Å²) in [6.45, 7) is 8.93. The first kappa shape index (κ1) is 12.4. The van der Waals surface area contributed by atoms with E-state index in [1.54, 1.807) is 0 Å². The lowest BCUT2D eigenvalue weighted by Gasteiger charge is -2.22. The van der Waals surface area contributed by atoms with Crippen molar-refractivity contribution >= 4 is 5.69 Å². The minimum Gasteiger partial charge on any atom is -0.371 e. The van der Waals surface area contributed by atoms with E-state index in [0.29, 0.717) is 0 Å². The third-order valence-electron chi connectivity index (χ3n) is 3.64. The Hall–Kier alpha value is -1.02. The summed E-state index contributed by atoms with van der Waals surface area (Å²) in [5.74, 6) is 0. The Balaban J connectivity index is 2.27. The zero-order valence-electron chi connectivity index (χ0n) is 11.3. The molecular weight excluding hydrogens is 208 g/mol. The van der Waals surface area contributed by atoms with E-state index >= 15 is 0 Å². The van der Waals surface area contributed by atoms with Crippen LogP contribution in [0.4, 0.5) is 5.69 Å². The molecule has 1 aliphatic heterocycles. The van der Waals surface area contributed by atoms with Gasteiger partial charge in [-0.05, 0) is 62.8 Å². The van der Waals surface area contributed by atoms with Crippen LogP contribution in [0.2, 0.25) is 0 Å². The first-order valence-electron chi connectivity index (χ1n) is 6.68. The maximum atomic E-state index is 5.89. The van der Waals surface area contributed by atoms with Gasteiger partial charge < -0.3 is 10.6 Å². The van der Waals surface area contributed by atoms with E-state index in [1.165, 1.54) is 48.3 Å². The molecule has 94 valence electrons. The molecule has 0 radical (unpaired) electrons. The highest BCUT2D eigenvalue weighted by Gasteiger charge is 2.15. The molecule has 2 rings (SSSR count). The number of anilines is 1. The Morgan fingerprint density at radius 1 is 1.18 bits per heavy atom. The second-order valence-corrected chi connectivity index (χ2v) is 5.44. The summed E-state index contributed by atoms with van der Waals surface area (Å²) in [5, 5.41) is 0. The molecule has 17 heavy (non-hydrogen) atoms. The number of aryl methyl sites for hydroxylation is 2. The van der Waals surface area contributed by atoms with Crippen LogP contribution >= 0.6 is 0 Å². The van der Waals surface area contributed by atoms with Gasteiger partial charge in [-0.2, -0.15) is 0 Å². The fourth-order valence-electron chi connectivity index (χ4n) is 2.73. The van der Waals surface area contributed by atoms with Crippen molar-refractivity contribution in [3.8, 4) is 0 Å². The van der Waals surface area contributed by atoms with Crippen LogP contribution in [0.3, 0.4) is 0 Å². The number of hydrogen-bond donors (Lipinski definition) is 1. The van der Waals surface area contributed by atoms with Gasteiger partial charge >= 0.3 is 0 Å². The lowest BCUT2D eigenvalue weighted by atomic mass is 9.98. The van der Waals surface area contributed by atoms with Crippen LogP contribution in [0, 0.1) is 13.8 Å². The van der Waals surface area contributed by atoms with E-state index in [9.17, 15) is 0 Å². The first-order valence-corrected chi connectivity index (χ1v) is 6.68. The number of nitrogens with zero attached hydrogens (tertiary/aromatic N) is 1. The summed E-state index contributed by atoms with van der Waals surface area (Å²) in [6, 6.07) is 4.91. The summed E-state index contributed by atoms with van der Waals surface area (Å²) < 4.78 is 0. The lowest BCUT2D eigenvalue weighted by Crippen LogP contribution is -2.21. The lowest BCUT2D eigenvalue weighted by molar-refractivity contribution is 0.734. The second-order valence-electron chi connectivity index (χ2n) is 5.44. The quantitative estimate of drug-likeness (QED) is 0.868. The summed E-state index contributed by atoms with van der Waals surface area (Å²) in [5.41, 5.74) is 11.5. The number of nitrogens with two attached hydrogens (primary N) is 1. The molecule has 0 aliphatic carbocycles. The molecule has 2 N–H and O–H groups in total. The average Bonchev–Trinajstić information content (AvgIpc) is 2.75. The zero-order chi connectivity index (χ0) is 12.4. The predicted octanol–water partition coefficient (Wildman–Crippen LogP) is 2.79. The summed E-state index contributed by atoms with van der Waals surface area (Å²) in [4.78, 5) is 2.51. The highest BCUT2D eigenvalue weighted by atomic mass is 15.1. The Morgan fingerprint density at radius 2 is 1.82 bits per heavy atom. The molecular formula is C15H24N2. The van der Waals surface area contributed by atoms with Gasteiger partial charge in [0.1, 0.15) is 0 Å². The minimum atomic E-state index is 0.241. The second kappa shape index (κ2) is 5.09. The molecule has 1 fully saturated rings. The molecule has 0 bridgehead atoms. The van der Waals surface area contributed by atoms with E-state index in [-0.39, 0.29) is 6.04 Å². The van der Waals surface area contributed by atoms with Crippen molar-refractivity contribution in [3.05, 3.63) is 28.8 Å². The van der Waals surface area contributed by atoms with E-state index in [2.05, 4.69) is 37.8 Å². The van der Waals surface area contributed by atoms with Gasteiger partial charge in [-0.1, -0.05) is 6.07 Å². The van der Waals surface area contributed by atoms with Gasteiger partial charge in [0.2, 0.25) is 0 Å². The van der Waals surface area contributed by atoms with Crippen LogP contribution in [0.25, 0.3) is 0 Å². The normalized spacial score (nSPS) is 17.5. The van der Waals surface area contributed by atoms with Crippen molar-refractivity contribution < 1.29 is 0 Å². The number of rotatable bonds is 3. The molecule has 2 heteroatoms. The molecule has 0 aromatic heterocycles. The fourth-order valence-corrected chi connectivity index (χ4v) is 2.73. The van der Waals surface area contributed by atoms with Crippen molar-refractivity contribution in [2.24, 2.45) is 5.73 Å². The van der Waals surface area contributed by atoms with Crippen LogP contribution in [0.15, 0.2) is 12.1 Å². The maximum absolute atomic E-state index is 5.89. The maximum Gasteiger partial charge on any atom is 0.0398 e. The van der Waals surface area contributed by atoms with Gasteiger partial charge in [-0.3, -0.25) is 0 Å². The molecule has 0 amide bonds. The predicted molar refractivity (Wildman–Crippen MR) is 74.7 cm³/mol. The van der Waals surface area contributed by atoms with Gasteiger partial charge in [-0.25, -0.2) is 0 Å². The third kappa shape index (κ3) is 2.81. The van der Waals surface area contributed by atoms with Gasteiger partial charge in [0.25, 0.3) is 0 Å². The topological polar surface area (TPSA) is 29.3 Å². The monoisotopic (exact) mass is 232 g/mol. The SMILES string of the molecule is Cc1cc(N2CCCC2)c(C)cc1CC(C)N. The average molecular weight is 232 g/mol. The van der Waals surface area contributed by atoms with Crippen LogP contribution in [0.1, 0.15) is 36.5 Å². The molecule has 1 aromatic rings. The van der Waals surface area contributed by atoms with Crippen LogP contribution in [-0.2, 0) is 6.42 Å². The Kier molecular flexibility index (Phi) is 3.72. The fraction of sp³-hybridized carbons (Fsp3) is 0.600. The molecule has 1 atom stereocenters. The van der Waals surface area contributed by atoms with Crippen LogP contribution in [-0.4, -0.2) is 19.1 Å². The Bertz CT molecular complexity index is 390. The van der Waals surface area contributed by atoms with E-state index in [0.717, 1.165) is 6.42 Å². The molecule has 1 heterocycles. The number of benzene rings is 1. The Labute approximate surface area is 105 Å². The van der Waals surface area contributed by atoms with E-state index in [4.69, 9.17) is 5.73 Å². The minimum absolute atomic E-state index is 0.241. The van der Waals surface area contributed by atoms with Crippen molar-refractivity contribution in [1.82, 2.24) is 0 Å². The summed E-state index contributed by atoms with van der Waals surface area (Å²) >= 11 is 0. The third-order valence-corrected chi connectivity index (χ3v) is 3.64. The van der Waals surface area contributed by atoms with Gasteiger partial charge in [0, 0.05) is 24.8 Å². The van der Waals surface area contributed by atoms with Crippen molar-refractivity contribution in [2.75, 3.05) is 18.0 Å². The molecule has 1 aliphatic rings. The van der Waals surface area contributed by atoms with E-state index in [1.807, 2.05) is 0 Å². The molecule has 1 unspecified atom stereocenters. The van der Waals surface area contributed by atoms with Gasteiger partial charge in [-0.15, -0.1) is 0 Å².